The smallest absolute Gasteiger partial charge is 0.266 e. The maximum atomic E-state index is 13.2. The van der Waals surface area contributed by atoms with Gasteiger partial charge in [0, 0.05) is 10.6 Å². The van der Waals surface area contributed by atoms with Crippen molar-refractivity contribution in [1.29, 1.82) is 0 Å². The van der Waals surface area contributed by atoms with Crippen LogP contribution in [-0.4, -0.2) is 39.6 Å². The predicted octanol–water partition coefficient (Wildman–Crippen LogP) is 4.44. The van der Waals surface area contributed by atoms with Crippen LogP contribution < -0.4 is 9.64 Å². The van der Waals surface area contributed by atoms with Gasteiger partial charge in [0.2, 0.25) is 5.91 Å². The number of carbonyl (C=O) groups is 3. The minimum absolute atomic E-state index is 0.139. The molecule has 0 aliphatic carbocycles. The first-order chi connectivity index (χ1) is 15.4. The number of ether oxygens (including phenoxy) is 1. The lowest BCUT2D eigenvalue weighted by Crippen LogP contribution is -2.44. The molecule has 6 nitrogen and oxygen atoms in total. The molecule has 0 saturated carbocycles. The number of anilines is 1. The summed E-state index contributed by atoms with van der Waals surface area (Å²) in [7, 11) is 0. The van der Waals surface area contributed by atoms with Crippen LogP contribution in [0.3, 0.4) is 0 Å². The van der Waals surface area contributed by atoms with Gasteiger partial charge in [0.05, 0.1) is 17.0 Å². The summed E-state index contributed by atoms with van der Waals surface area (Å²) in [4.78, 5) is 41.5. The largest absolute Gasteiger partial charge is 0.489 e. The Kier molecular flexibility index (Phi) is 6.45. The van der Waals surface area contributed by atoms with Crippen LogP contribution in [0.5, 0.6) is 5.75 Å². The van der Waals surface area contributed by atoms with Gasteiger partial charge in [-0.1, -0.05) is 66.4 Å². The molecule has 2 aliphatic heterocycles. The van der Waals surface area contributed by atoms with Crippen molar-refractivity contribution in [2.24, 2.45) is 0 Å². The monoisotopic (exact) mass is 484 g/mol. The highest BCUT2D eigenvalue weighted by Crippen LogP contribution is 2.38. The van der Waals surface area contributed by atoms with Crippen molar-refractivity contribution in [1.82, 2.24) is 4.90 Å². The fourth-order valence-electron chi connectivity index (χ4n) is 3.45. The van der Waals surface area contributed by atoms with Crippen molar-refractivity contribution in [2.45, 2.75) is 12.5 Å². The maximum Gasteiger partial charge on any atom is 0.266 e. The summed E-state index contributed by atoms with van der Waals surface area (Å²) in [6, 6.07) is 12.7. The number of hydrogen-bond donors (Lipinski definition) is 0. The highest BCUT2D eigenvalue weighted by Gasteiger charge is 2.48. The number of benzene rings is 2. The van der Waals surface area contributed by atoms with Crippen molar-refractivity contribution in [3.05, 3.63) is 76.7 Å². The molecular weight excluding hydrogens is 468 g/mol. The molecule has 1 unspecified atom stereocenters. The van der Waals surface area contributed by atoms with E-state index in [4.69, 9.17) is 28.6 Å². The SMILES string of the molecule is C=CCOc1ccccc1/C=C1\SC(=S)N(C2CC(=O)N(c3ccc(Cl)cc3)C2=O)C1=O. The summed E-state index contributed by atoms with van der Waals surface area (Å²) in [5.74, 6) is -0.713. The molecule has 2 fully saturated rings. The van der Waals surface area contributed by atoms with E-state index in [-0.39, 0.29) is 10.7 Å². The molecule has 2 heterocycles. The van der Waals surface area contributed by atoms with Crippen LogP contribution in [0, 0.1) is 0 Å². The third-order valence-corrected chi connectivity index (χ3v) is 6.49. The van der Waals surface area contributed by atoms with Gasteiger partial charge in [-0.25, -0.2) is 4.90 Å². The summed E-state index contributed by atoms with van der Waals surface area (Å²) in [5, 5.41) is 0.490. The third-order valence-electron chi connectivity index (χ3n) is 4.91. The molecule has 2 saturated heterocycles. The summed E-state index contributed by atoms with van der Waals surface area (Å²) < 4.78 is 5.87. The molecule has 2 aliphatic rings. The van der Waals surface area contributed by atoms with E-state index in [1.54, 1.807) is 42.5 Å². The van der Waals surface area contributed by atoms with E-state index < -0.39 is 23.8 Å². The number of amides is 3. The molecule has 2 aromatic rings. The lowest BCUT2D eigenvalue weighted by atomic mass is 10.1. The second kappa shape index (κ2) is 9.28. The summed E-state index contributed by atoms with van der Waals surface area (Å²) in [6.45, 7) is 3.96. The minimum atomic E-state index is -0.983. The van der Waals surface area contributed by atoms with Crippen LogP contribution in [0.2, 0.25) is 5.02 Å². The van der Waals surface area contributed by atoms with Gasteiger partial charge in [0.25, 0.3) is 11.8 Å². The Morgan fingerprint density at radius 1 is 1.16 bits per heavy atom. The molecular formula is C23H17ClN2O4S2. The fraction of sp³-hybridized carbons (Fsp3) is 0.130. The normalized spacial score (nSPS) is 19.9. The van der Waals surface area contributed by atoms with Gasteiger partial charge >= 0.3 is 0 Å². The number of thioether (sulfide) groups is 1. The molecule has 0 aromatic heterocycles. The molecule has 0 bridgehead atoms. The molecule has 2 aromatic carbocycles. The van der Waals surface area contributed by atoms with Crippen LogP contribution in [-0.2, 0) is 14.4 Å². The van der Waals surface area contributed by atoms with Crippen molar-refractivity contribution >= 4 is 69.4 Å². The van der Waals surface area contributed by atoms with Gasteiger partial charge in [0.1, 0.15) is 22.7 Å². The Labute approximate surface area is 199 Å². The van der Waals surface area contributed by atoms with Crippen molar-refractivity contribution in [3.63, 3.8) is 0 Å². The van der Waals surface area contributed by atoms with E-state index in [0.29, 0.717) is 33.5 Å². The van der Waals surface area contributed by atoms with Gasteiger partial charge < -0.3 is 4.74 Å². The number of nitrogens with zero attached hydrogens (tertiary/aromatic N) is 2. The quantitative estimate of drug-likeness (QED) is 0.261. The zero-order chi connectivity index (χ0) is 22.8. The van der Waals surface area contributed by atoms with E-state index in [1.807, 2.05) is 18.2 Å². The summed E-state index contributed by atoms with van der Waals surface area (Å²) >= 11 is 12.4. The molecule has 0 spiro atoms. The molecule has 3 amide bonds. The highest BCUT2D eigenvalue weighted by atomic mass is 35.5. The molecule has 32 heavy (non-hydrogen) atoms. The molecule has 1 atom stereocenters. The van der Waals surface area contributed by atoms with Gasteiger partial charge in [0.15, 0.2) is 0 Å². The maximum absolute atomic E-state index is 13.2. The Balaban J connectivity index is 1.59. The number of carbonyl (C=O) groups excluding carboxylic acids is 3. The summed E-state index contributed by atoms with van der Waals surface area (Å²) in [6.07, 6.45) is 3.17. The van der Waals surface area contributed by atoms with Crippen LogP contribution in [0.15, 0.2) is 66.1 Å². The van der Waals surface area contributed by atoms with Crippen LogP contribution in [0.25, 0.3) is 6.08 Å². The number of imide groups is 1. The van der Waals surface area contributed by atoms with E-state index in [1.165, 1.54) is 4.90 Å². The molecule has 4 rings (SSSR count). The number of rotatable bonds is 6. The average Bonchev–Trinajstić information content (AvgIpc) is 3.22. The van der Waals surface area contributed by atoms with Gasteiger partial charge in [-0.15, -0.1) is 0 Å². The summed E-state index contributed by atoms with van der Waals surface area (Å²) in [5.41, 5.74) is 1.10. The van der Waals surface area contributed by atoms with Crippen molar-refractivity contribution in [3.8, 4) is 5.75 Å². The van der Waals surface area contributed by atoms with E-state index >= 15 is 0 Å². The first-order valence-electron chi connectivity index (χ1n) is 9.63. The van der Waals surface area contributed by atoms with Crippen LogP contribution in [0.4, 0.5) is 5.69 Å². The van der Waals surface area contributed by atoms with Crippen molar-refractivity contribution < 1.29 is 19.1 Å². The second-order valence-electron chi connectivity index (χ2n) is 6.95. The highest BCUT2D eigenvalue weighted by molar-refractivity contribution is 8.26. The number of para-hydroxylation sites is 1. The Morgan fingerprint density at radius 3 is 2.59 bits per heavy atom. The number of hydrogen-bond acceptors (Lipinski definition) is 6. The van der Waals surface area contributed by atoms with E-state index in [2.05, 4.69) is 6.58 Å². The fourth-order valence-corrected chi connectivity index (χ4v) is 4.92. The van der Waals surface area contributed by atoms with E-state index in [0.717, 1.165) is 16.7 Å². The Hall–Kier alpha value is -2.94. The third kappa shape index (κ3) is 4.21. The van der Waals surface area contributed by atoms with Crippen LogP contribution >= 0.6 is 35.6 Å². The average molecular weight is 485 g/mol. The van der Waals surface area contributed by atoms with Gasteiger partial charge in [-0.2, -0.15) is 0 Å². The van der Waals surface area contributed by atoms with E-state index in [9.17, 15) is 14.4 Å². The molecule has 0 N–H and O–H groups in total. The molecule has 0 radical (unpaired) electrons. The minimum Gasteiger partial charge on any atom is -0.489 e. The zero-order valence-electron chi connectivity index (χ0n) is 16.7. The topological polar surface area (TPSA) is 66.9 Å². The number of thiocarbonyl (C=S) groups is 1. The molecule has 9 heteroatoms. The predicted molar refractivity (Wildman–Crippen MR) is 129 cm³/mol. The lowest BCUT2D eigenvalue weighted by molar-refractivity contribution is -0.129. The van der Waals surface area contributed by atoms with Crippen molar-refractivity contribution in [2.75, 3.05) is 11.5 Å². The lowest BCUT2D eigenvalue weighted by Gasteiger charge is -2.21. The first kappa shape index (κ1) is 22.3. The van der Waals surface area contributed by atoms with Crippen LogP contribution in [0.1, 0.15) is 12.0 Å². The van der Waals surface area contributed by atoms with Gasteiger partial charge in [-0.05, 0) is 36.4 Å². The molecule has 162 valence electrons. The standard InChI is InChI=1S/C23H17ClN2O4S2/c1-2-11-30-18-6-4-3-5-14(18)12-19-22(29)26(23(31)32-19)17-13-20(27)25(21(17)28)16-9-7-15(24)8-10-16/h2-10,12,17H,1,11,13H2/b19-12-. The Morgan fingerprint density at radius 2 is 1.88 bits per heavy atom. The second-order valence-corrected chi connectivity index (χ2v) is 9.07. The zero-order valence-corrected chi connectivity index (χ0v) is 19.1. The first-order valence-corrected chi connectivity index (χ1v) is 11.2. The number of halogens is 1. The van der Waals surface area contributed by atoms with Gasteiger partial charge in [-0.3, -0.25) is 19.3 Å². The Bertz CT molecular complexity index is 1160.